The number of hydrogen-bond acceptors (Lipinski definition) is 3. The third kappa shape index (κ3) is 6.45. The highest BCUT2D eigenvalue weighted by Gasteiger charge is 2.08. The number of benzene rings is 1. The molecule has 0 bridgehead atoms. The molecule has 2 unspecified atom stereocenters. The molecule has 1 aromatic carbocycles. The Morgan fingerprint density at radius 2 is 2.11 bits per heavy atom. The maximum absolute atomic E-state index is 13.3. The van der Waals surface area contributed by atoms with Crippen LogP contribution in [0, 0.1) is 5.82 Å². The average molecular weight is 286 g/mol. The molecule has 0 saturated heterocycles. The number of carbonyl (C=O) groups excluding carboxylic acids is 1. The molecule has 0 aromatic heterocycles. The van der Waals surface area contributed by atoms with Gasteiger partial charge in [-0.25, -0.2) is 4.39 Å². The molecule has 4 nitrogen and oxygen atoms in total. The number of anilines is 1. The molecule has 0 heterocycles. The topological polar surface area (TPSA) is 58.2 Å². The summed E-state index contributed by atoms with van der Waals surface area (Å²) in [5.41, 5.74) is 0.177. The van der Waals surface area contributed by atoms with Gasteiger partial charge in [0.15, 0.2) is 0 Å². The van der Waals surface area contributed by atoms with Gasteiger partial charge in [-0.1, -0.05) is 12.1 Å². The Morgan fingerprint density at radius 3 is 2.74 bits per heavy atom. The molecule has 106 valence electrons. The van der Waals surface area contributed by atoms with E-state index in [4.69, 9.17) is 0 Å². The summed E-state index contributed by atoms with van der Waals surface area (Å²) >= 11 is 0. The van der Waals surface area contributed by atoms with Gasteiger partial charge in [-0.2, -0.15) is 0 Å². The maximum Gasteiger partial charge on any atom is 0.238 e. The van der Waals surface area contributed by atoms with Crippen LogP contribution in [0.2, 0.25) is 0 Å². The van der Waals surface area contributed by atoms with Crippen molar-refractivity contribution >= 4 is 22.4 Å². The second-order valence-corrected chi connectivity index (χ2v) is 5.93. The molecule has 0 radical (unpaired) electrons. The first kappa shape index (κ1) is 15.8. The van der Waals surface area contributed by atoms with Crippen LogP contribution in [-0.4, -0.2) is 34.7 Å². The fourth-order valence-corrected chi connectivity index (χ4v) is 2.15. The van der Waals surface area contributed by atoms with Crippen molar-refractivity contribution in [2.45, 2.75) is 19.4 Å². The van der Waals surface area contributed by atoms with Gasteiger partial charge in [-0.15, -0.1) is 0 Å². The number of carbonyl (C=O) groups is 1. The number of para-hydroxylation sites is 1. The van der Waals surface area contributed by atoms with Gasteiger partial charge in [0.1, 0.15) is 5.82 Å². The van der Waals surface area contributed by atoms with Crippen LogP contribution in [0.4, 0.5) is 10.1 Å². The zero-order valence-electron chi connectivity index (χ0n) is 11.1. The largest absolute Gasteiger partial charge is 0.322 e. The number of amides is 1. The Balaban J connectivity index is 2.32. The van der Waals surface area contributed by atoms with Crippen LogP contribution in [0.1, 0.15) is 13.3 Å². The lowest BCUT2D eigenvalue weighted by Gasteiger charge is -2.13. The van der Waals surface area contributed by atoms with Gasteiger partial charge >= 0.3 is 0 Å². The van der Waals surface area contributed by atoms with Crippen molar-refractivity contribution in [2.24, 2.45) is 0 Å². The zero-order chi connectivity index (χ0) is 14.3. The number of hydrogen-bond donors (Lipinski definition) is 2. The molecular weight excluding hydrogens is 267 g/mol. The number of nitrogens with one attached hydrogen (secondary N) is 2. The van der Waals surface area contributed by atoms with E-state index in [1.54, 1.807) is 18.4 Å². The van der Waals surface area contributed by atoms with Gasteiger partial charge in [0.2, 0.25) is 5.91 Å². The highest BCUT2D eigenvalue weighted by atomic mass is 32.2. The second kappa shape index (κ2) is 8.01. The molecule has 6 heteroatoms. The molecule has 0 saturated carbocycles. The minimum absolute atomic E-state index is 0.0928. The molecule has 0 aliphatic carbocycles. The van der Waals surface area contributed by atoms with Gasteiger partial charge in [-0.3, -0.25) is 9.00 Å². The van der Waals surface area contributed by atoms with E-state index in [1.165, 1.54) is 12.1 Å². The minimum atomic E-state index is -0.825. The fourth-order valence-electron chi connectivity index (χ4n) is 1.47. The summed E-state index contributed by atoms with van der Waals surface area (Å²) in [6.45, 7) is 2.02. The summed E-state index contributed by atoms with van der Waals surface area (Å²) in [4.78, 5) is 11.6. The molecule has 0 fully saturated rings. The van der Waals surface area contributed by atoms with Crippen LogP contribution < -0.4 is 10.6 Å². The first-order valence-corrected chi connectivity index (χ1v) is 7.79. The van der Waals surface area contributed by atoms with E-state index in [0.29, 0.717) is 5.75 Å². The highest BCUT2D eigenvalue weighted by Crippen LogP contribution is 2.11. The minimum Gasteiger partial charge on any atom is -0.322 e. The average Bonchev–Trinajstić information content (AvgIpc) is 2.36. The van der Waals surface area contributed by atoms with Crippen LogP contribution in [0.5, 0.6) is 0 Å². The molecule has 1 rings (SSSR count). The Morgan fingerprint density at radius 1 is 1.42 bits per heavy atom. The van der Waals surface area contributed by atoms with Crippen LogP contribution >= 0.6 is 0 Å². The van der Waals surface area contributed by atoms with E-state index in [1.807, 2.05) is 6.92 Å². The monoisotopic (exact) mass is 286 g/mol. The fraction of sp³-hybridized carbons (Fsp3) is 0.462. The van der Waals surface area contributed by atoms with Crippen molar-refractivity contribution in [3.63, 3.8) is 0 Å². The van der Waals surface area contributed by atoms with E-state index in [2.05, 4.69) is 10.6 Å². The summed E-state index contributed by atoms with van der Waals surface area (Å²) in [6, 6.07) is 6.12. The first-order valence-electron chi connectivity index (χ1n) is 6.07. The second-order valence-electron chi connectivity index (χ2n) is 4.38. The van der Waals surface area contributed by atoms with E-state index >= 15 is 0 Å². The lowest BCUT2D eigenvalue weighted by Crippen LogP contribution is -2.35. The first-order chi connectivity index (χ1) is 8.99. The Hall–Kier alpha value is -1.27. The van der Waals surface area contributed by atoms with Crippen molar-refractivity contribution in [2.75, 3.05) is 23.9 Å². The van der Waals surface area contributed by atoms with Gasteiger partial charge in [0, 0.05) is 28.9 Å². The Labute approximate surface area is 115 Å². The summed E-state index contributed by atoms with van der Waals surface area (Å²) in [6.07, 6.45) is 2.38. The number of halogens is 1. The van der Waals surface area contributed by atoms with Crippen LogP contribution in [0.15, 0.2) is 24.3 Å². The standard InChI is InChI=1S/C13H19FN2O2S/c1-10(7-8-19(2)18)15-9-13(17)16-12-6-4-3-5-11(12)14/h3-6,10,15H,7-9H2,1-2H3,(H,16,17). The Bertz CT molecular complexity index is 454. The SMILES string of the molecule is CC(CCS(C)=O)NCC(=O)Nc1ccccc1F. The van der Waals surface area contributed by atoms with Crippen LogP contribution in [-0.2, 0) is 15.6 Å². The van der Waals surface area contributed by atoms with Crippen LogP contribution in [0.25, 0.3) is 0 Å². The molecular formula is C13H19FN2O2S. The molecule has 2 atom stereocenters. The van der Waals surface area contributed by atoms with Gasteiger partial charge in [0.05, 0.1) is 12.2 Å². The van der Waals surface area contributed by atoms with Crippen molar-refractivity contribution in [1.82, 2.24) is 5.32 Å². The summed E-state index contributed by atoms with van der Waals surface area (Å²) in [5, 5.41) is 5.50. The van der Waals surface area contributed by atoms with Crippen molar-refractivity contribution in [3.8, 4) is 0 Å². The normalized spacial score (nSPS) is 13.8. The molecule has 0 aliphatic heterocycles. The maximum atomic E-state index is 13.3. The molecule has 0 spiro atoms. The quantitative estimate of drug-likeness (QED) is 0.799. The van der Waals surface area contributed by atoms with Gasteiger partial charge in [0.25, 0.3) is 0 Å². The lowest BCUT2D eigenvalue weighted by atomic mass is 10.2. The third-order valence-corrected chi connectivity index (χ3v) is 3.41. The summed E-state index contributed by atoms with van der Waals surface area (Å²) < 4.78 is 24.2. The van der Waals surface area contributed by atoms with E-state index in [9.17, 15) is 13.4 Å². The highest BCUT2D eigenvalue weighted by molar-refractivity contribution is 7.84. The van der Waals surface area contributed by atoms with Crippen LogP contribution in [0.3, 0.4) is 0 Å². The molecule has 2 N–H and O–H groups in total. The van der Waals surface area contributed by atoms with Gasteiger partial charge < -0.3 is 10.6 Å². The molecule has 1 aromatic rings. The summed E-state index contributed by atoms with van der Waals surface area (Å²) in [7, 11) is -0.825. The zero-order valence-corrected chi connectivity index (χ0v) is 11.9. The third-order valence-electron chi connectivity index (χ3n) is 2.60. The molecule has 0 aliphatic rings. The molecule has 1 amide bonds. The molecule has 19 heavy (non-hydrogen) atoms. The van der Waals surface area contributed by atoms with Gasteiger partial charge in [-0.05, 0) is 25.5 Å². The van der Waals surface area contributed by atoms with Crippen molar-refractivity contribution in [1.29, 1.82) is 0 Å². The van der Waals surface area contributed by atoms with Crippen molar-refractivity contribution < 1.29 is 13.4 Å². The Kier molecular flexibility index (Phi) is 6.66. The smallest absolute Gasteiger partial charge is 0.238 e. The summed E-state index contributed by atoms with van der Waals surface area (Å²) in [5.74, 6) is -0.150. The number of rotatable bonds is 7. The van der Waals surface area contributed by atoms with Crippen molar-refractivity contribution in [3.05, 3.63) is 30.1 Å². The predicted molar refractivity (Wildman–Crippen MR) is 76.0 cm³/mol. The predicted octanol–water partition coefficient (Wildman–Crippen LogP) is 1.51. The van der Waals surface area contributed by atoms with E-state index in [0.717, 1.165) is 6.42 Å². The van der Waals surface area contributed by atoms with E-state index < -0.39 is 16.6 Å². The lowest BCUT2D eigenvalue weighted by molar-refractivity contribution is -0.115. The van der Waals surface area contributed by atoms with E-state index in [-0.39, 0.29) is 24.2 Å².